The lowest BCUT2D eigenvalue weighted by Gasteiger charge is -2.10. The molecule has 1 aromatic carbocycles. The summed E-state index contributed by atoms with van der Waals surface area (Å²) in [4.78, 5) is 8.92. The smallest absolute Gasteiger partial charge is 0.224 e. The van der Waals surface area contributed by atoms with Crippen molar-refractivity contribution >= 4 is 17.1 Å². The molecule has 0 amide bonds. The Hall–Kier alpha value is -2.74. The maximum absolute atomic E-state index is 5.97. The molecule has 1 aliphatic rings. The molecule has 0 spiro atoms. The number of hydrogen-bond acceptors (Lipinski definition) is 7. The molecule has 8 heteroatoms. The molecule has 0 bridgehead atoms. The van der Waals surface area contributed by atoms with E-state index >= 15 is 0 Å². The first-order valence-corrected chi connectivity index (χ1v) is 8.45. The van der Waals surface area contributed by atoms with Crippen LogP contribution in [0, 0.1) is 5.92 Å². The van der Waals surface area contributed by atoms with Crippen LogP contribution < -0.4 is 15.8 Å². The van der Waals surface area contributed by atoms with Crippen LogP contribution in [0.2, 0.25) is 0 Å². The second kappa shape index (κ2) is 6.64. The molecule has 130 valence electrons. The van der Waals surface area contributed by atoms with Crippen molar-refractivity contribution in [3.8, 4) is 11.4 Å². The lowest BCUT2D eigenvalue weighted by atomic mass is 10.1. The maximum atomic E-state index is 5.97. The molecule has 4 rings (SSSR count). The van der Waals surface area contributed by atoms with Crippen LogP contribution in [-0.2, 0) is 0 Å². The average molecular weight is 339 g/mol. The van der Waals surface area contributed by atoms with Gasteiger partial charge in [0.2, 0.25) is 5.95 Å². The number of nitrogens with one attached hydrogen (secondary N) is 1. The summed E-state index contributed by atoms with van der Waals surface area (Å²) in [6.07, 6.45) is 5.00. The van der Waals surface area contributed by atoms with E-state index in [1.54, 1.807) is 18.0 Å². The molecule has 25 heavy (non-hydrogen) atoms. The van der Waals surface area contributed by atoms with E-state index in [0.29, 0.717) is 29.1 Å². The van der Waals surface area contributed by atoms with Gasteiger partial charge in [0.25, 0.3) is 0 Å². The standard InChI is InChI=1S/C17H21N7O/c1-25-14-6-4-13(5-7-14)24-16-15(22-23-24)10-20-17(21-16)19-9-11-2-3-12(18)8-11/h4-7,10-12H,2-3,8-9,18H2,1H3,(H,19,20,21)/t11?,12-/m1/s1. The Morgan fingerprint density at radius 2 is 2.12 bits per heavy atom. The monoisotopic (exact) mass is 339 g/mol. The third kappa shape index (κ3) is 3.25. The van der Waals surface area contributed by atoms with Crippen LogP contribution >= 0.6 is 0 Å². The van der Waals surface area contributed by atoms with Crippen LogP contribution in [0.4, 0.5) is 5.95 Å². The van der Waals surface area contributed by atoms with Crippen LogP contribution in [0.3, 0.4) is 0 Å². The number of hydrogen-bond donors (Lipinski definition) is 2. The fourth-order valence-electron chi connectivity index (χ4n) is 3.25. The summed E-state index contributed by atoms with van der Waals surface area (Å²) in [6.45, 7) is 0.837. The van der Waals surface area contributed by atoms with Gasteiger partial charge >= 0.3 is 0 Å². The van der Waals surface area contributed by atoms with Crippen LogP contribution in [0.25, 0.3) is 16.9 Å². The fraction of sp³-hybridized carbons (Fsp3) is 0.412. The molecule has 2 heterocycles. The Morgan fingerprint density at radius 3 is 2.84 bits per heavy atom. The SMILES string of the molecule is COc1ccc(-n2nnc3cnc(NCC4CC[C@@H](N)C4)nc32)cc1. The topological polar surface area (TPSA) is 104 Å². The molecule has 0 radical (unpaired) electrons. The molecule has 3 N–H and O–H groups in total. The Bertz CT molecular complexity index is 861. The molecule has 2 aromatic heterocycles. The Labute approximate surface area is 145 Å². The summed E-state index contributed by atoms with van der Waals surface area (Å²) in [5, 5.41) is 11.6. The van der Waals surface area contributed by atoms with E-state index in [1.807, 2.05) is 24.3 Å². The van der Waals surface area contributed by atoms with Gasteiger partial charge in [0.15, 0.2) is 11.2 Å². The number of fused-ring (bicyclic) bond motifs is 1. The van der Waals surface area contributed by atoms with Gasteiger partial charge in [-0.05, 0) is 49.4 Å². The van der Waals surface area contributed by atoms with Gasteiger partial charge in [-0.3, -0.25) is 0 Å². The van der Waals surface area contributed by atoms with Crippen molar-refractivity contribution in [2.24, 2.45) is 11.7 Å². The van der Waals surface area contributed by atoms with Gasteiger partial charge in [-0.25, -0.2) is 4.98 Å². The Morgan fingerprint density at radius 1 is 1.28 bits per heavy atom. The summed E-state index contributed by atoms with van der Waals surface area (Å²) < 4.78 is 6.89. The highest BCUT2D eigenvalue weighted by atomic mass is 16.5. The zero-order chi connectivity index (χ0) is 17.2. The molecule has 8 nitrogen and oxygen atoms in total. The number of anilines is 1. The van der Waals surface area contributed by atoms with E-state index in [-0.39, 0.29) is 0 Å². The third-order valence-corrected chi connectivity index (χ3v) is 4.64. The second-order valence-electron chi connectivity index (χ2n) is 6.42. The normalized spacial score (nSPS) is 20.1. The Kier molecular flexibility index (Phi) is 4.19. The van der Waals surface area contributed by atoms with Crippen molar-refractivity contribution in [2.75, 3.05) is 19.0 Å². The van der Waals surface area contributed by atoms with Crippen LogP contribution in [-0.4, -0.2) is 44.7 Å². The fourth-order valence-corrected chi connectivity index (χ4v) is 3.25. The molecule has 1 unspecified atom stereocenters. The summed E-state index contributed by atoms with van der Waals surface area (Å²) in [5.41, 5.74) is 8.17. The van der Waals surface area contributed by atoms with Crippen LogP contribution in [0.5, 0.6) is 5.75 Å². The first kappa shape index (κ1) is 15.8. The predicted octanol–water partition coefficient (Wildman–Crippen LogP) is 1.76. The molecule has 1 fully saturated rings. The molecule has 1 saturated carbocycles. The molecule has 3 aromatic rings. The van der Waals surface area contributed by atoms with Gasteiger partial charge < -0.3 is 15.8 Å². The van der Waals surface area contributed by atoms with E-state index in [9.17, 15) is 0 Å². The van der Waals surface area contributed by atoms with Crippen molar-refractivity contribution < 1.29 is 4.74 Å². The highest BCUT2D eigenvalue weighted by Crippen LogP contribution is 2.24. The van der Waals surface area contributed by atoms with E-state index in [1.165, 1.54) is 0 Å². The minimum absolute atomic E-state index is 0.330. The molecule has 1 aliphatic carbocycles. The van der Waals surface area contributed by atoms with Gasteiger partial charge in [-0.1, -0.05) is 5.21 Å². The van der Waals surface area contributed by atoms with E-state index in [0.717, 1.165) is 37.2 Å². The number of ether oxygens (including phenoxy) is 1. The van der Waals surface area contributed by atoms with Crippen molar-refractivity contribution in [3.63, 3.8) is 0 Å². The molecule has 2 atom stereocenters. The van der Waals surface area contributed by atoms with Gasteiger partial charge in [-0.15, -0.1) is 5.10 Å². The first-order valence-electron chi connectivity index (χ1n) is 8.45. The summed E-state index contributed by atoms with van der Waals surface area (Å²) in [7, 11) is 1.64. The first-order chi connectivity index (χ1) is 12.2. The number of nitrogens with zero attached hydrogens (tertiary/aromatic N) is 5. The third-order valence-electron chi connectivity index (χ3n) is 4.64. The van der Waals surface area contributed by atoms with E-state index in [2.05, 4.69) is 25.6 Å². The number of methoxy groups -OCH3 is 1. The van der Waals surface area contributed by atoms with E-state index in [4.69, 9.17) is 10.5 Å². The lowest BCUT2D eigenvalue weighted by molar-refractivity contribution is 0.414. The minimum Gasteiger partial charge on any atom is -0.497 e. The quantitative estimate of drug-likeness (QED) is 0.730. The van der Waals surface area contributed by atoms with Crippen molar-refractivity contribution in [1.82, 2.24) is 25.0 Å². The number of benzene rings is 1. The minimum atomic E-state index is 0.330. The molecular weight excluding hydrogens is 318 g/mol. The van der Waals surface area contributed by atoms with Crippen molar-refractivity contribution in [1.29, 1.82) is 0 Å². The summed E-state index contributed by atoms with van der Waals surface area (Å²) >= 11 is 0. The highest BCUT2D eigenvalue weighted by molar-refractivity contribution is 5.71. The maximum Gasteiger partial charge on any atom is 0.224 e. The lowest BCUT2D eigenvalue weighted by Crippen LogP contribution is -2.18. The van der Waals surface area contributed by atoms with E-state index < -0.39 is 0 Å². The summed E-state index contributed by atoms with van der Waals surface area (Å²) in [6, 6.07) is 7.93. The van der Waals surface area contributed by atoms with Crippen LogP contribution in [0.1, 0.15) is 19.3 Å². The van der Waals surface area contributed by atoms with Gasteiger partial charge in [0.05, 0.1) is 19.0 Å². The number of rotatable bonds is 5. The van der Waals surface area contributed by atoms with Gasteiger partial charge in [-0.2, -0.15) is 9.67 Å². The molecule has 0 saturated heterocycles. The average Bonchev–Trinajstić information content (AvgIpc) is 3.25. The highest BCUT2D eigenvalue weighted by Gasteiger charge is 2.21. The summed E-state index contributed by atoms with van der Waals surface area (Å²) in [5.74, 6) is 1.96. The second-order valence-corrected chi connectivity index (χ2v) is 6.42. The Balaban J connectivity index is 1.56. The zero-order valence-corrected chi connectivity index (χ0v) is 14.1. The van der Waals surface area contributed by atoms with Gasteiger partial charge in [0, 0.05) is 12.6 Å². The van der Waals surface area contributed by atoms with Crippen molar-refractivity contribution in [3.05, 3.63) is 30.5 Å². The number of aromatic nitrogens is 5. The number of nitrogens with two attached hydrogens (primary N) is 1. The predicted molar refractivity (Wildman–Crippen MR) is 94.8 cm³/mol. The zero-order valence-electron chi connectivity index (χ0n) is 14.1. The largest absolute Gasteiger partial charge is 0.497 e. The molecule has 0 aliphatic heterocycles. The molecular formula is C17H21N7O. The van der Waals surface area contributed by atoms with Crippen molar-refractivity contribution in [2.45, 2.75) is 25.3 Å². The van der Waals surface area contributed by atoms with Crippen LogP contribution in [0.15, 0.2) is 30.5 Å². The van der Waals surface area contributed by atoms with Gasteiger partial charge in [0.1, 0.15) is 5.75 Å².